The van der Waals surface area contributed by atoms with Gasteiger partial charge in [-0.1, -0.05) is 40.2 Å². The van der Waals surface area contributed by atoms with E-state index in [1.54, 1.807) is 12.1 Å². The van der Waals surface area contributed by atoms with Crippen molar-refractivity contribution in [2.24, 2.45) is 0 Å². The maximum absolute atomic E-state index is 11.4. The standard InChI is InChI=1S/C16H18BrNO2S/c1-12(14-5-7-15(17)8-6-14)18-11-13-3-9-16(10-4-13)21(2,19)20/h3-10,12,18H,11H2,1-2H3. The average Bonchev–Trinajstić information content (AvgIpc) is 2.45. The first-order chi connectivity index (χ1) is 9.86. The SMILES string of the molecule is CC(NCc1ccc(S(C)(=O)=O)cc1)c1ccc(Br)cc1. The van der Waals surface area contributed by atoms with Crippen molar-refractivity contribution in [1.29, 1.82) is 0 Å². The quantitative estimate of drug-likeness (QED) is 0.875. The largest absolute Gasteiger partial charge is 0.306 e. The van der Waals surface area contributed by atoms with Crippen molar-refractivity contribution in [3.8, 4) is 0 Å². The third kappa shape index (κ3) is 4.66. The van der Waals surface area contributed by atoms with Crippen LogP contribution in [0.5, 0.6) is 0 Å². The second-order valence-corrected chi connectivity index (χ2v) is 8.00. The van der Waals surface area contributed by atoms with Gasteiger partial charge in [-0.2, -0.15) is 0 Å². The summed E-state index contributed by atoms with van der Waals surface area (Å²) in [5.41, 5.74) is 2.28. The highest BCUT2D eigenvalue weighted by atomic mass is 79.9. The second-order valence-electron chi connectivity index (χ2n) is 5.07. The molecule has 0 fully saturated rings. The Labute approximate surface area is 134 Å². The minimum atomic E-state index is -3.12. The molecule has 0 amide bonds. The average molecular weight is 368 g/mol. The van der Waals surface area contributed by atoms with Gasteiger partial charge in [0.05, 0.1) is 4.90 Å². The van der Waals surface area contributed by atoms with E-state index in [0.717, 1.165) is 10.0 Å². The van der Waals surface area contributed by atoms with Gasteiger partial charge in [0.15, 0.2) is 9.84 Å². The molecule has 0 heterocycles. The summed E-state index contributed by atoms with van der Waals surface area (Å²) >= 11 is 3.42. The molecule has 0 saturated heterocycles. The molecule has 5 heteroatoms. The molecule has 112 valence electrons. The molecule has 1 N–H and O–H groups in total. The molecule has 1 unspecified atom stereocenters. The lowest BCUT2D eigenvalue weighted by atomic mass is 10.1. The fourth-order valence-corrected chi connectivity index (χ4v) is 2.89. The smallest absolute Gasteiger partial charge is 0.175 e. The normalized spacial score (nSPS) is 13.1. The van der Waals surface area contributed by atoms with Gasteiger partial charge in [0.1, 0.15) is 0 Å². The second kappa shape index (κ2) is 6.73. The molecule has 0 saturated carbocycles. The Balaban J connectivity index is 1.98. The molecule has 0 spiro atoms. The minimum Gasteiger partial charge on any atom is -0.306 e. The van der Waals surface area contributed by atoms with Gasteiger partial charge in [-0.05, 0) is 42.3 Å². The van der Waals surface area contributed by atoms with Gasteiger partial charge in [-0.3, -0.25) is 0 Å². The summed E-state index contributed by atoms with van der Waals surface area (Å²) in [5.74, 6) is 0. The van der Waals surface area contributed by atoms with E-state index in [-0.39, 0.29) is 6.04 Å². The number of hydrogen-bond donors (Lipinski definition) is 1. The first kappa shape index (κ1) is 16.2. The summed E-state index contributed by atoms with van der Waals surface area (Å²) in [4.78, 5) is 0.354. The Morgan fingerprint density at radius 2 is 1.62 bits per heavy atom. The van der Waals surface area contributed by atoms with E-state index >= 15 is 0 Å². The maximum atomic E-state index is 11.4. The van der Waals surface area contributed by atoms with Gasteiger partial charge in [0.2, 0.25) is 0 Å². The zero-order valence-corrected chi connectivity index (χ0v) is 14.4. The molecule has 0 radical (unpaired) electrons. The summed E-state index contributed by atoms with van der Waals surface area (Å²) in [5, 5.41) is 3.43. The van der Waals surface area contributed by atoms with Gasteiger partial charge < -0.3 is 5.32 Å². The molecule has 2 aromatic rings. The molecule has 0 aromatic heterocycles. The highest BCUT2D eigenvalue weighted by molar-refractivity contribution is 9.10. The number of rotatable bonds is 5. The number of nitrogens with one attached hydrogen (secondary N) is 1. The van der Waals surface area contributed by atoms with Crippen LogP contribution in [0.2, 0.25) is 0 Å². The molecule has 0 aliphatic rings. The van der Waals surface area contributed by atoms with Gasteiger partial charge in [0, 0.05) is 23.3 Å². The third-order valence-corrected chi connectivity index (χ3v) is 4.99. The number of halogens is 1. The fraction of sp³-hybridized carbons (Fsp3) is 0.250. The van der Waals surface area contributed by atoms with Crippen LogP contribution in [0.15, 0.2) is 57.9 Å². The van der Waals surface area contributed by atoms with Gasteiger partial charge in [-0.15, -0.1) is 0 Å². The molecule has 2 aromatic carbocycles. The van der Waals surface area contributed by atoms with E-state index in [2.05, 4.69) is 40.3 Å². The molecule has 0 aliphatic carbocycles. The lowest BCUT2D eigenvalue weighted by Crippen LogP contribution is -2.18. The zero-order chi connectivity index (χ0) is 15.5. The lowest BCUT2D eigenvalue weighted by molar-refractivity contribution is 0.574. The summed E-state index contributed by atoms with van der Waals surface area (Å²) in [7, 11) is -3.12. The van der Waals surface area contributed by atoms with Crippen LogP contribution in [-0.2, 0) is 16.4 Å². The van der Waals surface area contributed by atoms with E-state index in [1.807, 2.05) is 24.3 Å². The van der Waals surface area contributed by atoms with E-state index < -0.39 is 9.84 Å². The minimum absolute atomic E-state index is 0.229. The van der Waals surface area contributed by atoms with E-state index in [1.165, 1.54) is 11.8 Å². The van der Waals surface area contributed by atoms with E-state index in [9.17, 15) is 8.42 Å². The van der Waals surface area contributed by atoms with E-state index in [0.29, 0.717) is 11.4 Å². The summed E-state index contributed by atoms with van der Waals surface area (Å²) < 4.78 is 23.9. The summed E-state index contributed by atoms with van der Waals surface area (Å²) in [6, 6.07) is 15.4. The van der Waals surface area contributed by atoms with Crippen LogP contribution in [0.1, 0.15) is 24.1 Å². The van der Waals surface area contributed by atoms with Gasteiger partial charge >= 0.3 is 0 Å². The van der Waals surface area contributed by atoms with Gasteiger partial charge in [-0.25, -0.2) is 8.42 Å². The van der Waals surface area contributed by atoms with Crippen molar-refractivity contribution in [2.45, 2.75) is 24.4 Å². The lowest BCUT2D eigenvalue weighted by Gasteiger charge is -2.14. The number of sulfone groups is 1. The molecule has 3 nitrogen and oxygen atoms in total. The Bertz CT molecular complexity index is 694. The van der Waals surface area contributed by atoms with Crippen molar-refractivity contribution in [2.75, 3.05) is 6.26 Å². The Morgan fingerprint density at radius 1 is 1.05 bits per heavy atom. The summed E-state index contributed by atoms with van der Waals surface area (Å²) in [6.07, 6.45) is 1.22. The van der Waals surface area contributed by atoms with Crippen LogP contribution >= 0.6 is 15.9 Å². The van der Waals surface area contributed by atoms with Gasteiger partial charge in [0.25, 0.3) is 0 Å². The predicted molar refractivity (Wildman–Crippen MR) is 88.9 cm³/mol. The van der Waals surface area contributed by atoms with Crippen molar-refractivity contribution < 1.29 is 8.42 Å². The Kier molecular flexibility index (Phi) is 5.19. The van der Waals surface area contributed by atoms with Crippen molar-refractivity contribution >= 4 is 25.8 Å². The van der Waals surface area contributed by atoms with Crippen molar-refractivity contribution in [3.63, 3.8) is 0 Å². The molecular weight excluding hydrogens is 350 g/mol. The maximum Gasteiger partial charge on any atom is 0.175 e. The van der Waals surface area contributed by atoms with Crippen molar-refractivity contribution in [1.82, 2.24) is 5.32 Å². The van der Waals surface area contributed by atoms with Crippen LogP contribution in [0, 0.1) is 0 Å². The van der Waals surface area contributed by atoms with Crippen LogP contribution in [0.4, 0.5) is 0 Å². The summed E-state index contributed by atoms with van der Waals surface area (Å²) in [6.45, 7) is 2.80. The topological polar surface area (TPSA) is 46.2 Å². The third-order valence-electron chi connectivity index (χ3n) is 3.33. The monoisotopic (exact) mass is 367 g/mol. The molecule has 2 rings (SSSR count). The Hall–Kier alpha value is -1.17. The highest BCUT2D eigenvalue weighted by Gasteiger charge is 2.07. The fourth-order valence-electron chi connectivity index (χ4n) is 1.99. The number of benzene rings is 2. The molecule has 0 bridgehead atoms. The molecule has 1 atom stereocenters. The van der Waals surface area contributed by atoms with Crippen molar-refractivity contribution in [3.05, 3.63) is 64.1 Å². The molecule has 0 aliphatic heterocycles. The van der Waals surface area contributed by atoms with Crippen LogP contribution in [-0.4, -0.2) is 14.7 Å². The predicted octanol–water partition coefficient (Wildman–Crippen LogP) is 3.70. The van der Waals surface area contributed by atoms with Crippen LogP contribution < -0.4 is 5.32 Å². The molecular formula is C16H18BrNO2S. The Morgan fingerprint density at radius 3 is 2.14 bits per heavy atom. The number of hydrogen-bond acceptors (Lipinski definition) is 3. The highest BCUT2D eigenvalue weighted by Crippen LogP contribution is 2.17. The first-order valence-electron chi connectivity index (χ1n) is 6.64. The first-order valence-corrected chi connectivity index (χ1v) is 9.32. The van der Waals surface area contributed by atoms with Crippen LogP contribution in [0.3, 0.4) is 0 Å². The molecule has 21 heavy (non-hydrogen) atoms. The van der Waals surface area contributed by atoms with E-state index in [4.69, 9.17) is 0 Å². The van der Waals surface area contributed by atoms with Crippen LogP contribution in [0.25, 0.3) is 0 Å². The zero-order valence-electron chi connectivity index (χ0n) is 12.0.